The lowest BCUT2D eigenvalue weighted by atomic mass is 10.1. The topological polar surface area (TPSA) is 42.1 Å². The summed E-state index contributed by atoms with van der Waals surface area (Å²) in [5, 5.41) is 1.55. The summed E-state index contributed by atoms with van der Waals surface area (Å²) in [4.78, 5) is 15.0. The van der Waals surface area contributed by atoms with Crippen molar-refractivity contribution in [3.8, 4) is 16.9 Å². The number of hydrogen-bond donors (Lipinski definition) is 1. The second kappa shape index (κ2) is 5.02. The number of nitrogens with one attached hydrogen (secondary N) is 1. The van der Waals surface area contributed by atoms with Crippen LogP contribution >= 0.6 is 11.6 Å². The van der Waals surface area contributed by atoms with Gasteiger partial charge in [0.2, 0.25) is 0 Å². The van der Waals surface area contributed by atoms with Crippen molar-refractivity contribution in [1.29, 1.82) is 0 Å². The summed E-state index contributed by atoms with van der Waals surface area (Å²) in [5.41, 5.74) is 2.11. The molecule has 3 rings (SSSR count). The van der Waals surface area contributed by atoms with Gasteiger partial charge in [0.15, 0.2) is 0 Å². The third kappa shape index (κ3) is 2.28. The van der Waals surface area contributed by atoms with E-state index in [1.807, 2.05) is 36.4 Å². The van der Waals surface area contributed by atoms with E-state index < -0.39 is 0 Å². The van der Waals surface area contributed by atoms with E-state index in [4.69, 9.17) is 16.3 Å². The minimum atomic E-state index is -0.120. The average molecular weight is 286 g/mol. The molecule has 0 amide bonds. The van der Waals surface area contributed by atoms with E-state index in [2.05, 4.69) is 4.98 Å². The van der Waals surface area contributed by atoms with Crippen LogP contribution in [-0.2, 0) is 0 Å². The van der Waals surface area contributed by atoms with Crippen molar-refractivity contribution < 1.29 is 4.74 Å². The molecule has 0 unspecified atom stereocenters. The molecule has 0 saturated carbocycles. The standard InChI is InChI=1S/C16H12ClNO2/c1-20-13-5-2-10(3-6-13)14-9-11-8-12(17)4-7-15(11)18-16(14)19/h2-9H,1H3,(H,18,19). The third-order valence-electron chi connectivity index (χ3n) is 3.21. The first-order valence-corrected chi connectivity index (χ1v) is 6.52. The highest BCUT2D eigenvalue weighted by molar-refractivity contribution is 6.31. The predicted octanol–water partition coefficient (Wildman–Crippen LogP) is 3.86. The molecule has 1 aromatic heterocycles. The summed E-state index contributed by atoms with van der Waals surface area (Å²) in [6, 6.07) is 14.6. The van der Waals surface area contributed by atoms with Crippen molar-refractivity contribution in [2.45, 2.75) is 0 Å². The normalized spacial score (nSPS) is 10.7. The second-order valence-corrected chi connectivity index (χ2v) is 4.91. The SMILES string of the molecule is COc1ccc(-c2cc3cc(Cl)ccc3[nH]c2=O)cc1. The van der Waals surface area contributed by atoms with E-state index in [0.29, 0.717) is 10.6 Å². The summed E-state index contributed by atoms with van der Waals surface area (Å²) >= 11 is 5.99. The number of halogens is 1. The first-order valence-electron chi connectivity index (χ1n) is 6.14. The van der Waals surface area contributed by atoms with Gasteiger partial charge in [0.05, 0.1) is 7.11 Å². The van der Waals surface area contributed by atoms with Gasteiger partial charge in [-0.15, -0.1) is 0 Å². The summed E-state index contributed by atoms with van der Waals surface area (Å²) in [7, 11) is 1.61. The Morgan fingerprint density at radius 1 is 1.05 bits per heavy atom. The molecular weight excluding hydrogens is 274 g/mol. The highest BCUT2D eigenvalue weighted by Gasteiger charge is 2.06. The van der Waals surface area contributed by atoms with Crippen molar-refractivity contribution in [1.82, 2.24) is 4.98 Å². The van der Waals surface area contributed by atoms with Gasteiger partial charge in [0.25, 0.3) is 5.56 Å². The monoisotopic (exact) mass is 285 g/mol. The molecule has 0 aliphatic carbocycles. The molecule has 20 heavy (non-hydrogen) atoms. The molecular formula is C16H12ClNO2. The largest absolute Gasteiger partial charge is 0.497 e. The first kappa shape index (κ1) is 12.8. The molecule has 0 bridgehead atoms. The molecule has 0 atom stereocenters. The maximum atomic E-state index is 12.2. The van der Waals surface area contributed by atoms with E-state index in [1.165, 1.54) is 0 Å². The van der Waals surface area contributed by atoms with Gasteiger partial charge in [-0.1, -0.05) is 23.7 Å². The van der Waals surface area contributed by atoms with Crippen LogP contribution in [0.3, 0.4) is 0 Å². The lowest BCUT2D eigenvalue weighted by molar-refractivity contribution is 0.415. The fraction of sp³-hybridized carbons (Fsp3) is 0.0625. The number of methoxy groups -OCH3 is 1. The predicted molar refractivity (Wildman–Crippen MR) is 81.6 cm³/mol. The van der Waals surface area contributed by atoms with Crippen LogP contribution in [0.2, 0.25) is 5.02 Å². The van der Waals surface area contributed by atoms with Crippen molar-refractivity contribution in [3.05, 3.63) is 63.9 Å². The zero-order chi connectivity index (χ0) is 14.1. The lowest BCUT2D eigenvalue weighted by Crippen LogP contribution is -2.08. The van der Waals surface area contributed by atoms with Crippen LogP contribution in [0.5, 0.6) is 5.75 Å². The van der Waals surface area contributed by atoms with Gasteiger partial charge in [0.1, 0.15) is 5.75 Å². The number of H-pyrrole nitrogens is 1. The van der Waals surface area contributed by atoms with Crippen LogP contribution < -0.4 is 10.3 Å². The van der Waals surface area contributed by atoms with E-state index in [9.17, 15) is 4.79 Å². The molecule has 0 aliphatic rings. The van der Waals surface area contributed by atoms with Gasteiger partial charge in [-0.2, -0.15) is 0 Å². The van der Waals surface area contributed by atoms with E-state index >= 15 is 0 Å². The van der Waals surface area contributed by atoms with E-state index in [0.717, 1.165) is 22.2 Å². The van der Waals surface area contributed by atoms with Crippen molar-refractivity contribution in [2.24, 2.45) is 0 Å². The molecule has 0 fully saturated rings. The summed E-state index contributed by atoms with van der Waals surface area (Å²) in [6.45, 7) is 0. The van der Waals surface area contributed by atoms with E-state index in [1.54, 1.807) is 19.2 Å². The summed E-state index contributed by atoms with van der Waals surface area (Å²) < 4.78 is 5.12. The molecule has 3 nitrogen and oxygen atoms in total. The minimum Gasteiger partial charge on any atom is -0.497 e. The molecule has 0 spiro atoms. The summed E-state index contributed by atoms with van der Waals surface area (Å²) in [5.74, 6) is 0.758. The number of rotatable bonds is 2. The van der Waals surface area contributed by atoms with Gasteiger partial charge in [-0.3, -0.25) is 4.79 Å². The highest BCUT2D eigenvalue weighted by Crippen LogP contribution is 2.23. The van der Waals surface area contributed by atoms with Gasteiger partial charge in [-0.25, -0.2) is 0 Å². The van der Waals surface area contributed by atoms with Crippen LogP contribution in [0.25, 0.3) is 22.0 Å². The quantitative estimate of drug-likeness (QED) is 0.777. The molecule has 1 N–H and O–H groups in total. The van der Waals surface area contributed by atoms with Gasteiger partial charge in [0, 0.05) is 21.5 Å². The Bertz CT molecular complexity index is 822. The third-order valence-corrected chi connectivity index (χ3v) is 3.44. The zero-order valence-electron chi connectivity index (χ0n) is 10.8. The lowest BCUT2D eigenvalue weighted by Gasteiger charge is -2.05. The van der Waals surface area contributed by atoms with E-state index in [-0.39, 0.29) is 5.56 Å². The highest BCUT2D eigenvalue weighted by atomic mass is 35.5. The van der Waals surface area contributed by atoms with Crippen molar-refractivity contribution in [2.75, 3.05) is 7.11 Å². The Morgan fingerprint density at radius 3 is 2.50 bits per heavy atom. The Hall–Kier alpha value is -2.26. The first-order chi connectivity index (χ1) is 9.67. The Morgan fingerprint density at radius 2 is 1.80 bits per heavy atom. The molecule has 3 aromatic rings. The molecule has 0 aliphatic heterocycles. The Labute approximate surface area is 120 Å². The van der Waals surface area contributed by atoms with Crippen LogP contribution in [-0.4, -0.2) is 12.1 Å². The maximum absolute atomic E-state index is 12.2. The minimum absolute atomic E-state index is 0.120. The number of fused-ring (bicyclic) bond motifs is 1. The van der Waals surface area contributed by atoms with Crippen LogP contribution in [0, 0.1) is 0 Å². The number of ether oxygens (including phenoxy) is 1. The molecule has 4 heteroatoms. The molecule has 0 radical (unpaired) electrons. The molecule has 100 valence electrons. The average Bonchev–Trinajstić information content (AvgIpc) is 2.47. The van der Waals surface area contributed by atoms with Crippen LogP contribution in [0.15, 0.2) is 53.3 Å². The molecule has 0 saturated heterocycles. The molecule has 2 aromatic carbocycles. The van der Waals surface area contributed by atoms with Gasteiger partial charge in [-0.05, 0) is 42.0 Å². The molecule has 1 heterocycles. The van der Waals surface area contributed by atoms with Crippen molar-refractivity contribution in [3.63, 3.8) is 0 Å². The zero-order valence-corrected chi connectivity index (χ0v) is 11.6. The maximum Gasteiger partial charge on any atom is 0.256 e. The number of aromatic amines is 1. The van der Waals surface area contributed by atoms with Crippen LogP contribution in [0.1, 0.15) is 0 Å². The van der Waals surface area contributed by atoms with Crippen LogP contribution in [0.4, 0.5) is 0 Å². The number of hydrogen-bond acceptors (Lipinski definition) is 2. The second-order valence-electron chi connectivity index (χ2n) is 4.47. The fourth-order valence-corrected chi connectivity index (χ4v) is 2.34. The number of pyridine rings is 1. The summed E-state index contributed by atoms with van der Waals surface area (Å²) in [6.07, 6.45) is 0. The Kier molecular flexibility index (Phi) is 3.20. The van der Waals surface area contributed by atoms with Crippen molar-refractivity contribution >= 4 is 22.5 Å². The fourth-order valence-electron chi connectivity index (χ4n) is 2.16. The number of benzene rings is 2. The Balaban J connectivity index is 2.19. The smallest absolute Gasteiger partial charge is 0.256 e. The van der Waals surface area contributed by atoms with Gasteiger partial charge >= 0.3 is 0 Å². The van der Waals surface area contributed by atoms with Gasteiger partial charge < -0.3 is 9.72 Å². The number of aromatic nitrogens is 1.